The van der Waals surface area contributed by atoms with Crippen LogP contribution in [0.15, 0.2) is 44.4 Å². The standard InChI is InChI=1S/C12H11BrN2O2/c13-10-9(14-12(17)15-11(10)16)7-6-8-4-2-1-3-5-8/h1-5H,6-7H2,(H2,14,15,16,17). The Balaban J connectivity index is 2.20. The van der Waals surface area contributed by atoms with Gasteiger partial charge in [0.15, 0.2) is 0 Å². The summed E-state index contributed by atoms with van der Waals surface area (Å²) in [5.41, 5.74) is 0.932. The Kier molecular flexibility index (Phi) is 3.58. The summed E-state index contributed by atoms with van der Waals surface area (Å²) < 4.78 is 0.396. The Morgan fingerprint density at radius 1 is 1.00 bits per heavy atom. The summed E-state index contributed by atoms with van der Waals surface area (Å²) >= 11 is 3.17. The number of aryl methyl sites for hydroxylation is 2. The minimum Gasteiger partial charge on any atom is -0.310 e. The highest BCUT2D eigenvalue weighted by Crippen LogP contribution is 2.10. The van der Waals surface area contributed by atoms with Crippen LogP contribution in [0.4, 0.5) is 0 Å². The molecule has 2 aromatic rings. The van der Waals surface area contributed by atoms with Gasteiger partial charge in [0.05, 0.1) is 0 Å². The molecule has 0 fully saturated rings. The highest BCUT2D eigenvalue weighted by atomic mass is 79.9. The summed E-state index contributed by atoms with van der Waals surface area (Å²) in [6.07, 6.45) is 1.39. The van der Waals surface area contributed by atoms with Gasteiger partial charge in [-0.3, -0.25) is 9.78 Å². The Bertz CT molecular complexity index is 616. The molecule has 1 heterocycles. The van der Waals surface area contributed by atoms with Crippen LogP contribution < -0.4 is 11.2 Å². The molecule has 1 aromatic heterocycles. The van der Waals surface area contributed by atoms with Crippen molar-refractivity contribution in [3.05, 3.63) is 66.9 Å². The van der Waals surface area contributed by atoms with Crippen molar-refractivity contribution in [2.45, 2.75) is 12.8 Å². The molecule has 5 heteroatoms. The van der Waals surface area contributed by atoms with E-state index in [-0.39, 0.29) is 0 Å². The van der Waals surface area contributed by atoms with Gasteiger partial charge in [0, 0.05) is 5.69 Å². The molecule has 0 saturated carbocycles. The van der Waals surface area contributed by atoms with Crippen molar-refractivity contribution in [3.63, 3.8) is 0 Å². The van der Waals surface area contributed by atoms with Crippen molar-refractivity contribution in [1.82, 2.24) is 9.97 Å². The van der Waals surface area contributed by atoms with Gasteiger partial charge in [-0.15, -0.1) is 0 Å². The van der Waals surface area contributed by atoms with Crippen LogP contribution in [-0.4, -0.2) is 9.97 Å². The van der Waals surface area contributed by atoms with Gasteiger partial charge < -0.3 is 4.98 Å². The fourth-order valence-electron chi connectivity index (χ4n) is 1.60. The van der Waals surface area contributed by atoms with Crippen molar-refractivity contribution < 1.29 is 0 Å². The maximum absolute atomic E-state index is 11.3. The van der Waals surface area contributed by atoms with E-state index in [1.54, 1.807) is 0 Å². The lowest BCUT2D eigenvalue weighted by Crippen LogP contribution is -2.25. The third-order valence-electron chi connectivity index (χ3n) is 2.46. The molecule has 17 heavy (non-hydrogen) atoms. The van der Waals surface area contributed by atoms with Crippen LogP contribution in [0.2, 0.25) is 0 Å². The van der Waals surface area contributed by atoms with Crippen LogP contribution in [0.1, 0.15) is 11.3 Å². The molecule has 0 aliphatic carbocycles. The molecular weight excluding hydrogens is 284 g/mol. The zero-order valence-electron chi connectivity index (χ0n) is 9.00. The van der Waals surface area contributed by atoms with Gasteiger partial charge in [-0.25, -0.2) is 4.79 Å². The van der Waals surface area contributed by atoms with E-state index in [1.807, 2.05) is 30.3 Å². The van der Waals surface area contributed by atoms with E-state index in [0.717, 1.165) is 6.42 Å². The van der Waals surface area contributed by atoms with Crippen LogP contribution in [-0.2, 0) is 12.8 Å². The van der Waals surface area contributed by atoms with E-state index in [4.69, 9.17) is 0 Å². The fraction of sp³-hybridized carbons (Fsp3) is 0.167. The van der Waals surface area contributed by atoms with E-state index in [1.165, 1.54) is 5.56 Å². The van der Waals surface area contributed by atoms with Gasteiger partial charge in [-0.1, -0.05) is 30.3 Å². The zero-order valence-corrected chi connectivity index (χ0v) is 10.6. The van der Waals surface area contributed by atoms with Crippen molar-refractivity contribution in [3.8, 4) is 0 Å². The lowest BCUT2D eigenvalue weighted by atomic mass is 10.1. The maximum Gasteiger partial charge on any atom is 0.325 e. The van der Waals surface area contributed by atoms with Crippen molar-refractivity contribution in [2.75, 3.05) is 0 Å². The number of rotatable bonds is 3. The fourth-order valence-corrected chi connectivity index (χ4v) is 2.00. The van der Waals surface area contributed by atoms with E-state index < -0.39 is 11.2 Å². The number of nitrogens with one attached hydrogen (secondary N) is 2. The molecule has 0 aliphatic rings. The average molecular weight is 295 g/mol. The highest BCUT2D eigenvalue weighted by molar-refractivity contribution is 9.10. The summed E-state index contributed by atoms with van der Waals surface area (Å²) in [7, 11) is 0. The molecule has 0 radical (unpaired) electrons. The first kappa shape index (κ1) is 11.9. The first-order valence-electron chi connectivity index (χ1n) is 5.22. The number of H-pyrrole nitrogens is 2. The van der Waals surface area contributed by atoms with Gasteiger partial charge in [0.2, 0.25) is 0 Å². The number of hydrogen-bond acceptors (Lipinski definition) is 2. The van der Waals surface area contributed by atoms with Crippen LogP contribution in [0.5, 0.6) is 0 Å². The monoisotopic (exact) mass is 294 g/mol. The first-order chi connectivity index (χ1) is 8.16. The smallest absolute Gasteiger partial charge is 0.310 e. The maximum atomic E-state index is 11.3. The molecule has 2 N–H and O–H groups in total. The zero-order chi connectivity index (χ0) is 12.3. The second-order valence-corrected chi connectivity index (χ2v) is 4.48. The number of aromatic amines is 2. The van der Waals surface area contributed by atoms with Crippen molar-refractivity contribution in [2.24, 2.45) is 0 Å². The largest absolute Gasteiger partial charge is 0.325 e. The topological polar surface area (TPSA) is 65.7 Å². The van der Waals surface area contributed by atoms with Crippen molar-refractivity contribution in [1.29, 1.82) is 0 Å². The Morgan fingerprint density at radius 2 is 1.71 bits per heavy atom. The quantitative estimate of drug-likeness (QED) is 0.903. The highest BCUT2D eigenvalue weighted by Gasteiger charge is 2.06. The summed E-state index contributed by atoms with van der Waals surface area (Å²) in [6.45, 7) is 0. The minimum absolute atomic E-state index is 0.392. The lowest BCUT2D eigenvalue weighted by Gasteiger charge is -2.03. The summed E-state index contributed by atoms with van der Waals surface area (Å²) in [5, 5.41) is 0. The van der Waals surface area contributed by atoms with Crippen LogP contribution in [0.25, 0.3) is 0 Å². The SMILES string of the molecule is O=c1[nH]c(CCc2ccccc2)c(Br)c(=O)[nH]1. The molecular formula is C12H11BrN2O2. The summed E-state index contributed by atoms with van der Waals surface area (Å²) in [4.78, 5) is 27.3. The van der Waals surface area contributed by atoms with Crippen molar-refractivity contribution >= 4 is 15.9 Å². The molecule has 0 saturated heterocycles. The van der Waals surface area contributed by atoms with Crippen LogP contribution in [0, 0.1) is 0 Å². The van der Waals surface area contributed by atoms with Crippen LogP contribution >= 0.6 is 15.9 Å². The van der Waals surface area contributed by atoms with Gasteiger partial charge in [0.1, 0.15) is 4.47 Å². The van der Waals surface area contributed by atoms with Gasteiger partial charge in [-0.05, 0) is 34.3 Å². The van der Waals surface area contributed by atoms with E-state index >= 15 is 0 Å². The molecule has 2 rings (SSSR count). The predicted molar refractivity (Wildman–Crippen MR) is 69.2 cm³/mol. The van der Waals surface area contributed by atoms with Crippen LogP contribution in [0.3, 0.4) is 0 Å². The Labute approximate surface area is 106 Å². The summed E-state index contributed by atoms with van der Waals surface area (Å²) in [6, 6.07) is 9.91. The molecule has 0 bridgehead atoms. The third-order valence-corrected chi connectivity index (χ3v) is 3.30. The minimum atomic E-state index is -0.471. The number of benzene rings is 1. The lowest BCUT2D eigenvalue weighted by molar-refractivity contribution is 0.861. The number of halogens is 1. The molecule has 4 nitrogen and oxygen atoms in total. The second-order valence-electron chi connectivity index (χ2n) is 3.69. The molecule has 88 valence electrons. The molecule has 1 aromatic carbocycles. The van der Waals surface area contributed by atoms with E-state index in [0.29, 0.717) is 16.6 Å². The van der Waals surface area contributed by atoms with E-state index in [9.17, 15) is 9.59 Å². The predicted octanol–water partition coefficient (Wildman–Crippen LogP) is 1.61. The first-order valence-corrected chi connectivity index (χ1v) is 6.01. The van der Waals surface area contributed by atoms with Gasteiger partial charge in [0.25, 0.3) is 5.56 Å². The van der Waals surface area contributed by atoms with Gasteiger partial charge in [-0.2, -0.15) is 0 Å². The number of hydrogen-bond donors (Lipinski definition) is 2. The molecule has 0 atom stereocenters. The number of aromatic nitrogens is 2. The average Bonchev–Trinajstić information content (AvgIpc) is 2.33. The Morgan fingerprint density at radius 3 is 2.41 bits per heavy atom. The molecule has 0 aliphatic heterocycles. The molecule has 0 amide bonds. The third kappa shape index (κ3) is 2.94. The molecule has 0 unspecified atom stereocenters. The second kappa shape index (κ2) is 5.14. The molecule has 0 spiro atoms. The summed E-state index contributed by atoms with van der Waals surface area (Å²) in [5.74, 6) is 0. The Hall–Kier alpha value is -1.62. The normalized spacial score (nSPS) is 10.4. The van der Waals surface area contributed by atoms with E-state index in [2.05, 4.69) is 25.9 Å². The van der Waals surface area contributed by atoms with Gasteiger partial charge >= 0.3 is 5.69 Å².